The third kappa shape index (κ3) is 4.04. The van der Waals surface area contributed by atoms with Crippen LogP contribution in [0.4, 0.5) is 5.69 Å². The SMILES string of the molecule is O=c1c(Cl)c(NC2CCN(Cc3ccccc3)C2)cnn1-c1ccccc1. The van der Waals surface area contributed by atoms with E-state index in [0.29, 0.717) is 11.4 Å². The number of nitrogens with zero attached hydrogens (tertiary/aromatic N) is 3. The van der Waals surface area contributed by atoms with E-state index in [1.165, 1.54) is 10.2 Å². The van der Waals surface area contributed by atoms with Gasteiger partial charge in [-0.3, -0.25) is 9.69 Å². The van der Waals surface area contributed by atoms with Crippen LogP contribution in [0.5, 0.6) is 0 Å². The zero-order valence-corrected chi connectivity index (χ0v) is 15.6. The van der Waals surface area contributed by atoms with E-state index in [1.54, 1.807) is 6.20 Å². The molecule has 4 rings (SSSR count). The molecule has 5 nitrogen and oxygen atoms in total. The number of benzene rings is 2. The van der Waals surface area contributed by atoms with Gasteiger partial charge < -0.3 is 5.32 Å². The highest BCUT2D eigenvalue weighted by Crippen LogP contribution is 2.22. The molecule has 0 radical (unpaired) electrons. The second kappa shape index (κ2) is 7.94. The van der Waals surface area contributed by atoms with Crippen LogP contribution in [0.1, 0.15) is 12.0 Å². The standard InChI is InChI=1S/C21H21ClN4O/c22-20-19(13-23-26(21(20)27)18-9-5-2-6-10-18)24-17-11-12-25(15-17)14-16-7-3-1-4-8-16/h1-10,13,17,24H,11-12,14-15H2. The van der Waals surface area contributed by atoms with Gasteiger partial charge in [-0.05, 0) is 24.1 Å². The number of anilines is 1. The maximum atomic E-state index is 12.6. The van der Waals surface area contributed by atoms with Crippen molar-refractivity contribution < 1.29 is 0 Å². The lowest BCUT2D eigenvalue weighted by Gasteiger charge is -2.18. The maximum Gasteiger partial charge on any atom is 0.292 e. The van der Waals surface area contributed by atoms with Gasteiger partial charge in [0, 0.05) is 25.7 Å². The fourth-order valence-electron chi connectivity index (χ4n) is 3.44. The molecule has 138 valence electrons. The summed E-state index contributed by atoms with van der Waals surface area (Å²) in [6, 6.07) is 20.0. The van der Waals surface area contributed by atoms with Crippen molar-refractivity contribution in [2.24, 2.45) is 0 Å². The molecule has 27 heavy (non-hydrogen) atoms. The van der Waals surface area contributed by atoms with Gasteiger partial charge in [0.05, 0.1) is 17.6 Å². The van der Waals surface area contributed by atoms with Crippen LogP contribution in [-0.4, -0.2) is 33.8 Å². The van der Waals surface area contributed by atoms with E-state index in [1.807, 2.05) is 36.4 Å². The summed E-state index contributed by atoms with van der Waals surface area (Å²) in [6.45, 7) is 2.85. The summed E-state index contributed by atoms with van der Waals surface area (Å²) >= 11 is 6.34. The predicted molar refractivity (Wildman–Crippen MR) is 109 cm³/mol. The summed E-state index contributed by atoms with van der Waals surface area (Å²) in [5.41, 5.74) is 2.29. The van der Waals surface area contributed by atoms with Crippen LogP contribution in [0.3, 0.4) is 0 Å². The van der Waals surface area contributed by atoms with Crippen molar-refractivity contribution in [3.05, 3.63) is 87.8 Å². The number of para-hydroxylation sites is 1. The molecule has 1 N–H and O–H groups in total. The Hall–Kier alpha value is -2.63. The van der Waals surface area contributed by atoms with Gasteiger partial charge in [-0.2, -0.15) is 9.78 Å². The minimum absolute atomic E-state index is 0.176. The molecule has 1 atom stereocenters. The first-order valence-corrected chi connectivity index (χ1v) is 9.44. The first-order valence-electron chi connectivity index (χ1n) is 9.07. The molecule has 0 spiro atoms. The molecule has 2 aromatic carbocycles. The number of likely N-dealkylation sites (tertiary alicyclic amines) is 1. The summed E-state index contributed by atoms with van der Waals surface area (Å²) in [5.74, 6) is 0. The Morgan fingerprint density at radius 1 is 1.07 bits per heavy atom. The third-order valence-electron chi connectivity index (χ3n) is 4.80. The Kier molecular flexibility index (Phi) is 5.23. The number of hydrogen-bond donors (Lipinski definition) is 1. The van der Waals surface area contributed by atoms with E-state index in [2.05, 4.69) is 39.6 Å². The lowest BCUT2D eigenvalue weighted by Crippen LogP contribution is -2.28. The smallest absolute Gasteiger partial charge is 0.292 e. The summed E-state index contributed by atoms with van der Waals surface area (Å²) in [5, 5.41) is 7.85. The topological polar surface area (TPSA) is 50.2 Å². The van der Waals surface area contributed by atoms with Gasteiger partial charge in [0.1, 0.15) is 5.02 Å². The van der Waals surface area contributed by atoms with E-state index >= 15 is 0 Å². The van der Waals surface area contributed by atoms with Crippen LogP contribution in [0.15, 0.2) is 71.7 Å². The number of hydrogen-bond acceptors (Lipinski definition) is 4. The zero-order valence-electron chi connectivity index (χ0n) is 14.9. The maximum absolute atomic E-state index is 12.6. The second-order valence-corrected chi connectivity index (χ2v) is 7.15. The van der Waals surface area contributed by atoms with Crippen LogP contribution < -0.4 is 10.9 Å². The van der Waals surface area contributed by atoms with Gasteiger partial charge in [-0.25, -0.2) is 0 Å². The van der Waals surface area contributed by atoms with Gasteiger partial charge in [0.25, 0.3) is 5.56 Å². The Bertz CT molecular complexity index is 959. The van der Waals surface area contributed by atoms with Crippen molar-refractivity contribution in [1.82, 2.24) is 14.7 Å². The Balaban J connectivity index is 1.44. The van der Waals surface area contributed by atoms with Crippen LogP contribution in [0.2, 0.25) is 5.02 Å². The fourth-order valence-corrected chi connectivity index (χ4v) is 3.63. The Morgan fingerprint density at radius 3 is 2.52 bits per heavy atom. The monoisotopic (exact) mass is 380 g/mol. The van der Waals surface area contributed by atoms with Crippen molar-refractivity contribution in [2.75, 3.05) is 18.4 Å². The van der Waals surface area contributed by atoms with Crippen LogP contribution in [-0.2, 0) is 6.54 Å². The van der Waals surface area contributed by atoms with Crippen molar-refractivity contribution in [2.45, 2.75) is 19.0 Å². The molecule has 0 aliphatic carbocycles. The number of rotatable bonds is 5. The highest BCUT2D eigenvalue weighted by Gasteiger charge is 2.23. The molecule has 2 heterocycles. The molecular weight excluding hydrogens is 360 g/mol. The molecule has 1 fully saturated rings. The minimum atomic E-state index is -0.313. The largest absolute Gasteiger partial charge is 0.378 e. The number of aromatic nitrogens is 2. The average Bonchev–Trinajstić information content (AvgIpc) is 3.14. The lowest BCUT2D eigenvalue weighted by atomic mass is 10.2. The highest BCUT2D eigenvalue weighted by molar-refractivity contribution is 6.33. The molecule has 1 aliphatic rings. The van der Waals surface area contributed by atoms with Crippen molar-refractivity contribution in [3.63, 3.8) is 0 Å². The summed E-state index contributed by atoms with van der Waals surface area (Å²) < 4.78 is 1.32. The van der Waals surface area contributed by atoms with Crippen LogP contribution >= 0.6 is 11.6 Å². The van der Waals surface area contributed by atoms with Crippen molar-refractivity contribution >= 4 is 17.3 Å². The Morgan fingerprint density at radius 2 is 1.78 bits per heavy atom. The third-order valence-corrected chi connectivity index (χ3v) is 5.17. The number of halogens is 1. The van der Waals surface area contributed by atoms with Gasteiger partial charge >= 0.3 is 0 Å². The van der Waals surface area contributed by atoms with E-state index in [0.717, 1.165) is 26.1 Å². The first kappa shape index (κ1) is 17.8. The molecule has 1 unspecified atom stereocenters. The normalized spacial score (nSPS) is 17.1. The van der Waals surface area contributed by atoms with Crippen molar-refractivity contribution in [1.29, 1.82) is 0 Å². The molecule has 0 amide bonds. The first-order chi connectivity index (χ1) is 13.2. The highest BCUT2D eigenvalue weighted by atomic mass is 35.5. The fraction of sp³-hybridized carbons (Fsp3) is 0.238. The van der Waals surface area contributed by atoms with E-state index in [-0.39, 0.29) is 16.6 Å². The summed E-state index contributed by atoms with van der Waals surface area (Å²) in [6.07, 6.45) is 2.64. The van der Waals surface area contributed by atoms with Crippen LogP contribution in [0.25, 0.3) is 5.69 Å². The van der Waals surface area contributed by atoms with Crippen molar-refractivity contribution in [3.8, 4) is 5.69 Å². The Labute approximate surface area is 163 Å². The number of nitrogens with one attached hydrogen (secondary N) is 1. The van der Waals surface area contributed by atoms with Gasteiger partial charge in [0.15, 0.2) is 0 Å². The quantitative estimate of drug-likeness (QED) is 0.735. The van der Waals surface area contributed by atoms with Crippen LogP contribution in [0, 0.1) is 0 Å². The molecular formula is C21H21ClN4O. The molecule has 1 saturated heterocycles. The molecule has 0 saturated carbocycles. The molecule has 3 aromatic rings. The van der Waals surface area contributed by atoms with Gasteiger partial charge in [-0.15, -0.1) is 0 Å². The molecule has 1 aliphatic heterocycles. The molecule has 1 aromatic heterocycles. The molecule has 0 bridgehead atoms. The average molecular weight is 381 g/mol. The summed E-state index contributed by atoms with van der Waals surface area (Å²) in [4.78, 5) is 15.0. The van der Waals surface area contributed by atoms with E-state index in [4.69, 9.17) is 11.6 Å². The lowest BCUT2D eigenvalue weighted by molar-refractivity contribution is 0.328. The van der Waals surface area contributed by atoms with Gasteiger partial charge in [-0.1, -0.05) is 60.1 Å². The van der Waals surface area contributed by atoms with E-state index < -0.39 is 0 Å². The minimum Gasteiger partial charge on any atom is -0.378 e. The zero-order chi connectivity index (χ0) is 18.6. The summed E-state index contributed by atoms with van der Waals surface area (Å²) in [7, 11) is 0. The predicted octanol–water partition coefficient (Wildman–Crippen LogP) is 3.57. The second-order valence-electron chi connectivity index (χ2n) is 6.78. The van der Waals surface area contributed by atoms with Gasteiger partial charge in [0.2, 0.25) is 0 Å². The van der Waals surface area contributed by atoms with E-state index in [9.17, 15) is 4.79 Å². The molecule has 6 heteroatoms.